The molecule has 0 radical (unpaired) electrons. The van der Waals surface area contributed by atoms with Crippen LogP contribution in [0.3, 0.4) is 0 Å². The summed E-state index contributed by atoms with van der Waals surface area (Å²) in [6.45, 7) is 4.64. The Balaban J connectivity index is 0.715. The van der Waals surface area contributed by atoms with E-state index in [0.717, 1.165) is 72.8 Å². The number of piperidine rings is 2. The van der Waals surface area contributed by atoms with Crippen LogP contribution in [0.15, 0.2) is 73.2 Å². The number of rotatable bonds is 9. The number of ether oxygens (including phenoxy) is 2. The van der Waals surface area contributed by atoms with Crippen molar-refractivity contribution in [3.8, 4) is 16.9 Å². The molecule has 4 aliphatic heterocycles. The summed E-state index contributed by atoms with van der Waals surface area (Å²) < 4.78 is 14.6. The van der Waals surface area contributed by atoms with Crippen molar-refractivity contribution in [2.75, 3.05) is 44.2 Å². The van der Waals surface area contributed by atoms with E-state index in [-0.39, 0.29) is 36.2 Å². The summed E-state index contributed by atoms with van der Waals surface area (Å²) in [6, 6.07) is 16.7. The van der Waals surface area contributed by atoms with Crippen molar-refractivity contribution in [1.29, 1.82) is 0 Å². The lowest BCUT2D eigenvalue weighted by Gasteiger charge is -2.43. The average Bonchev–Trinajstić information content (AvgIpc) is 3.58. The number of benzene rings is 2. The highest BCUT2D eigenvalue weighted by Gasteiger charge is 2.44. The van der Waals surface area contributed by atoms with Gasteiger partial charge in [0.1, 0.15) is 24.2 Å². The van der Waals surface area contributed by atoms with Gasteiger partial charge >= 0.3 is 0 Å². The van der Waals surface area contributed by atoms with Crippen molar-refractivity contribution in [3.05, 3.63) is 84.3 Å². The first-order valence-corrected chi connectivity index (χ1v) is 18.2. The third-order valence-corrected chi connectivity index (χ3v) is 11.1. The second-order valence-electron chi connectivity index (χ2n) is 14.3. The predicted molar refractivity (Wildman–Crippen MR) is 197 cm³/mol. The van der Waals surface area contributed by atoms with Gasteiger partial charge in [-0.1, -0.05) is 12.1 Å². The van der Waals surface area contributed by atoms with E-state index in [4.69, 9.17) is 14.5 Å². The zero-order valence-corrected chi connectivity index (χ0v) is 29.4. The van der Waals surface area contributed by atoms with Gasteiger partial charge in [0, 0.05) is 86.6 Å². The Labute approximate surface area is 305 Å². The van der Waals surface area contributed by atoms with Gasteiger partial charge in [0.05, 0.1) is 28.9 Å². The number of aryl methyl sites for hydroxylation is 1. The third kappa shape index (κ3) is 6.09. The smallest absolute Gasteiger partial charge is 0.262 e. The van der Waals surface area contributed by atoms with Crippen LogP contribution in [0.2, 0.25) is 0 Å². The van der Waals surface area contributed by atoms with Crippen LogP contribution in [0.5, 0.6) is 5.75 Å². The van der Waals surface area contributed by atoms with Gasteiger partial charge in [-0.05, 0) is 67.3 Å². The molecule has 13 nitrogen and oxygen atoms in total. The maximum Gasteiger partial charge on any atom is 0.262 e. The fourth-order valence-electron chi connectivity index (χ4n) is 8.06. The number of amides is 4. The highest BCUT2D eigenvalue weighted by atomic mass is 16.5. The number of pyridine rings is 2. The van der Waals surface area contributed by atoms with Gasteiger partial charge in [0.25, 0.3) is 11.8 Å². The molecule has 270 valence electrons. The first-order valence-electron chi connectivity index (χ1n) is 18.2. The van der Waals surface area contributed by atoms with Gasteiger partial charge in [-0.25, -0.2) is 4.98 Å². The lowest BCUT2D eigenvalue weighted by molar-refractivity contribution is -0.136. The van der Waals surface area contributed by atoms with Crippen LogP contribution in [0, 0.1) is 0 Å². The molecular formula is C40H39N7O6. The van der Waals surface area contributed by atoms with E-state index in [0.29, 0.717) is 12.4 Å². The minimum Gasteiger partial charge on any atom is -0.492 e. The minimum absolute atomic E-state index is 0.0823. The number of hydrogen-bond acceptors (Lipinski definition) is 10. The Morgan fingerprint density at radius 2 is 1.62 bits per heavy atom. The molecular weight excluding hydrogens is 674 g/mol. The number of likely N-dealkylation sites (tertiary alicyclic amines) is 1. The molecule has 4 aliphatic rings. The van der Waals surface area contributed by atoms with E-state index in [1.807, 2.05) is 18.6 Å². The number of nitrogens with zero attached hydrogens (tertiary/aromatic N) is 6. The summed E-state index contributed by atoms with van der Waals surface area (Å²) in [5, 5.41) is 4.58. The Morgan fingerprint density at radius 1 is 0.811 bits per heavy atom. The molecule has 1 atom stereocenters. The van der Waals surface area contributed by atoms with Crippen LogP contribution < -0.4 is 15.0 Å². The SMILES string of the molecule is Cn1c2ccncc2c2ccc(-c3ccc(N4CC(OC5CCN(CCOc6ccc7c(c6)C(=O)N(C6CCC(=O)NC6=O)C7=O)CC5)C4)nc3)cc21. The van der Waals surface area contributed by atoms with Crippen molar-refractivity contribution in [1.82, 2.24) is 29.7 Å². The molecule has 0 bridgehead atoms. The third-order valence-electron chi connectivity index (χ3n) is 11.1. The number of aromatic nitrogens is 3. The summed E-state index contributed by atoms with van der Waals surface area (Å²) in [6.07, 6.45) is 8.24. The fraction of sp³-hybridized carbons (Fsp3) is 0.350. The van der Waals surface area contributed by atoms with E-state index < -0.39 is 29.7 Å². The van der Waals surface area contributed by atoms with Gasteiger partial charge in [-0.3, -0.25) is 39.3 Å². The Bertz CT molecular complexity index is 2270. The number of anilines is 1. The van der Waals surface area contributed by atoms with E-state index in [1.54, 1.807) is 18.2 Å². The molecule has 2 aromatic carbocycles. The zero-order chi connectivity index (χ0) is 36.2. The van der Waals surface area contributed by atoms with Gasteiger partial charge in [-0.2, -0.15) is 0 Å². The van der Waals surface area contributed by atoms with Crippen LogP contribution in [0.4, 0.5) is 5.82 Å². The highest BCUT2D eigenvalue weighted by Crippen LogP contribution is 2.33. The van der Waals surface area contributed by atoms with Crippen LogP contribution in [-0.2, 0) is 21.4 Å². The molecule has 13 heteroatoms. The standard InChI is InChI=1S/C40H39N7O6/c1-44-33-10-13-41-21-32(33)29-5-2-24(18-35(29)44)25-3-8-36(42-20-25)46-22-28(23-46)53-26-11-14-45(15-12-26)16-17-52-27-4-6-30-31(19-27)40(51)47(39(30)50)34-7-9-37(48)43-38(34)49/h2-6,8,10,13,18-21,26,28,34H,7,9,11-12,14-17,22-23H2,1H3,(H,43,48,49). The van der Waals surface area contributed by atoms with Crippen molar-refractivity contribution >= 4 is 51.3 Å². The second kappa shape index (κ2) is 13.4. The second-order valence-corrected chi connectivity index (χ2v) is 14.3. The predicted octanol–water partition coefficient (Wildman–Crippen LogP) is 3.94. The topological polar surface area (TPSA) is 139 Å². The monoisotopic (exact) mass is 713 g/mol. The van der Waals surface area contributed by atoms with Crippen molar-refractivity contribution in [2.45, 2.75) is 43.9 Å². The molecule has 0 aliphatic carbocycles. The molecule has 4 amide bonds. The van der Waals surface area contributed by atoms with Crippen molar-refractivity contribution in [2.24, 2.45) is 7.05 Å². The average molecular weight is 714 g/mol. The molecule has 1 unspecified atom stereocenters. The first-order chi connectivity index (χ1) is 25.8. The summed E-state index contributed by atoms with van der Waals surface area (Å²) >= 11 is 0. The Morgan fingerprint density at radius 3 is 2.42 bits per heavy atom. The lowest BCUT2D eigenvalue weighted by atomic mass is 10.0. The number of fused-ring (bicyclic) bond motifs is 4. The summed E-state index contributed by atoms with van der Waals surface area (Å²) in [5.41, 5.74) is 5.02. The van der Waals surface area contributed by atoms with E-state index >= 15 is 0 Å². The summed E-state index contributed by atoms with van der Waals surface area (Å²) in [4.78, 5) is 64.6. The number of hydrogen-bond donors (Lipinski definition) is 1. The molecule has 0 saturated carbocycles. The van der Waals surface area contributed by atoms with Crippen LogP contribution in [0.25, 0.3) is 32.9 Å². The summed E-state index contributed by atoms with van der Waals surface area (Å²) in [5.74, 6) is -0.637. The number of nitrogens with one attached hydrogen (secondary N) is 1. The molecule has 1 N–H and O–H groups in total. The molecule has 3 saturated heterocycles. The lowest BCUT2D eigenvalue weighted by Crippen LogP contribution is -2.54. The highest BCUT2D eigenvalue weighted by molar-refractivity contribution is 6.23. The van der Waals surface area contributed by atoms with Crippen LogP contribution in [0.1, 0.15) is 46.4 Å². The molecule has 5 aromatic rings. The van der Waals surface area contributed by atoms with Crippen LogP contribution >= 0.6 is 0 Å². The Kier molecular flexibility index (Phi) is 8.39. The maximum absolute atomic E-state index is 13.1. The molecule has 0 spiro atoms. The van der Waals surface area contributed by atoms with Crippen molar-refractivity contribution < 1.29 is 28.7 Å². The molecule has 3 aromatic heterocycles. The number of carbonyl (C=O) groups excluding carboxylic acids is 4. The zero-order valence-electron chi connectivity index (χ0n) is 29.4. The fourth-order valence-corrected chi connectivity index (χ4v) is 8.06. The van der Waals surface area contributed by atoms with Gasteiger partial charge in [0.2, 0.25) is 11.8 Å². The normalized spacial score (nSPS) is 20.0. The summed E-state index contributed by atoms with van der Waals surface area (Å²) in [7, 11) is 2.09. The largest absolute Gasteiger partial charge is 0.492 e. The van der Waals surface area contributed by atoms with Gasteiger partial charge in [-0.15, -0.1) is 0 Å². The van der Waals surface area contributed by atoms with E-state index in [9.17, 15) is 19.2 Å². The molecule has 7 heterocycles. The van der Waals surface area contributed by atoms with E-state index in [2.05, 4.69) is 68.1 Å². The first kappa shape index (κ1) is 33.2. The van der Waals surface area contributed by atoms with E-state index in [1.165, 1.54) is 16.4 Å². The quantitative estimate of drug-likeness (QED) is 0.224. The maximum atomic E-state index is 13.1. The van der Waals surface area contributed by atoms with Crippen molar-refractivity contribution in [3.63, 3.8) is 0 Å². The van der Waals surface area contributed by atoms with Gasteiger partial charge in [0.15, 0.2) is 0 Å². The van der Waals surface area contributed by atoms with Crippen LogP contribution in [-0.4, -0.2) is 106 Å². The van der Waals surface area contributed by atoms with Gasteiger partial charge < -0.3 is 18.9 Å². The number of imide groups is 2. The molecule has 53 heavy (non-hydrogen) atoms. The molecule has 3 fully saturated rings. The minimum atomic E-state index is -0.989. The number of carbonyl (C=O) groups is 4. The molecule has 9 rings (SSSR count). The Hall–Kier alpha value is -5.66.